The van der Waals surface area contributed by atoms with Crippen LogP contribution in [0.1, 0.15) is 21.6 Å². The Labute approximate surface area is 173 Å². The molecule has 1 heterocycles. The van der Waals surface area contributed by atoms with Crippen LogP contribution in [-0.2, 0) is 6.54 Å². The maximum Gasteiger partial charge on any atom is 0.269 e. The van der Waals surface area contributed by atoms with Gasteiger partial charge in [0.2, 0.25) is 0 Å². The molecule has 0 atom stereocenters. The monoisotopic (exact) mass is 406 g/mol. The van der Waals surface area contributed by atoms with Gasteiger partial charge in [-0.2, -0.15) is 0 Å². The molecule has 0 aliphatic carbocycles. The van der Waals surface area contributed by atoms with Gasteiger partial charge in [0, 0.05) is 27.4 Å². The van der Waals surface area contributed by atoms with Crippen LogP contribution in [0.5, 0.6) is 0 Å². The summed E-state index contributed by atoms with van der Waals surface area (Å²) in [5.41, 5.74) is 3.79. The van der Waals surface area contributed by atoms with Crippen LogP contribution in [0.2, 0.25) is 5.02 Å². The molecule has 0 spiro atoms. The summed E-state index contributed by atoms with van der Waals surface area (Å²) in [6, 6.07) is 23.8. The molecule has 0 bridgehead atoms. The first kappa shape index (κ1) is 18.7. The van der Waals surface area contributed by atoms with E-state index >= 15 is 0 Å². The Morgan fingerprint density at radius 3 is 2.46 bits per heavy atom. The maximum atomic E-state index is 12.9. The van der Waals surface area contributed by atoms with E-state index in [9.17, 15) is 4.79 Å². The number of benzene rings is 3. The van der Waals surface area contributed by atoms with E-state index in [4.69, 9.17) is 11.6 Å². The summed E-state index contributed by atoms with van der Waals surface area (Å²) in [6.45, 7) is 2.53. The maximum absolute atomic E-state index is 12.9. The lowest BCUT2D eigenvalue weighted by Crippen LogP contribution is -2.23. The molecule has 0 unspecified atom stereocenters. The molecule has 1 aromatic heterocycles. The number of hydrogen-bond donors (Lipinski definition) is 2. The van der Waals surface area contributed by atoms with E-state index in [1.165, 1.54) is 5.56 Å². The fourth-order valence-electron chi connectivity index (χ4n) is 2.98. The molecule has 28 heavy (non-hydrogen) atoms. The molecule has 1 amide bonds. The Hall–Kier alpha value is -2.69. The van der Waals surface area contributed by atoms with E-state index in [1.807, 2.05) is 79.7 Å². The fraction of sp³-hybridized carbons (Fsp3) is 0.0870. The van der Waals surface area contributed by atoms with Crippen molar-refractivity contribution in [3.05, 3.63) is 94.6 Å². The Balaban J connectivity index is 1.62. The summed E-state index contributed by atoms with van der Waals surface area (Å²) in [4.78, 5) is 18.2. The van der Waals surface area contributed by atoms with Crippen molar-refractivity contribution in [1.82, 2.24) is 10.3 Å². The van der Waals surface area contributed by atoms with E-state index in [0.717, 1.165) is 26.3 Å². The number of aryl methyl sites for hydroxylation is 1. The lowest BCUT2D eigenvalue weighted by molar-refractivity contribution is 0.0944. The van der Waals surface area contributed by atoms with Crippen molar-refractivity contribution in [3.8, 4) is 0 Å². The topological polar surface area (TPSA) is 44.9 Å². The molecule has 0 fully saturated rings. The second kappa shape index (κ2) is 8.13. The molecule has 0 saturated heterocycles. The molecule has 140 valence electrons. The van der Waals surface area contributed by atoms with Crippen LogP contribution in [-0.4, -0.2) is 10.9 Å². The number of nitrogens with one attached hydrogen (secondary N) is 2. The van der Waals surface area contributed by atoms with E-state index in [0.29, 0.717) is 17.3 Å². The van der Waals surface area contributed by atoms with Crippen LogP contribution >= 0.6 is 23.4 Å². The second-order valence-corrected chi connectivity index (χ2v) is 8.12. The number of halogens is 1. The summed E-state index contributed by atoms with van der Waals surface area (Å²) in [6.07, 6.45) is 0. The van der Waals surface area contributed by atoms with Crippen molar-refractivity contribution in [3.63, 3.8) is 0 Å². The van der Waals surface area contributed by atoms with Crippen LogP contribution in [0.3, 0.4) is 0 Å². The van der Waals surface area contributed by atoms with Crippen LogP contribution in [0.25, 0.3) is 10.9 Å². The average Bonchev–Trinajstić information content (AvgIpc) is 3.08. The largest absolute Gasteiger partial charge is 0.350 e. The van der Waals surface area contributed by atoms with Crippen molar-refractivity contribution in [2.45, 2.75) is 23.3 Å². The molecule has 5 heteroatoms. The van der Waals surface area contributed by atoms with Gasteiger partial charge < -0.3 is 10.3 Å². The van der Waals surface area contributed by atoms with Gasteiger partial charge in [-0.1, -0.05) is 71.4 Å². The summed E-state index contributed by atoms with van der Waals surface area (Å²) in [7, 11) is 0. The number of fused-ring (bicyclic) bond motifs is 1. The molecule has 4 rings (SSSR count). The summed E-state index contributed by atoms with van der Waals surface area (Å²) in [5.74, 6) is -0.117. The Bertz CT molecular complexity index is 1120. The normalized spacial score (nSPS) is 10.9. The van der Waals surface area contributed by atoms with E-state index in [2.05, 4.69) is 10.3 Å². The highest BCUT2D eigenvalue weighted by Crippen LogP contribution is 2.37. The van der Waals surface area contributed by atoms with Crippen LogP contribution in [0.4, 0.5) is 0 Å². The zero-order valence-electron chi connectivity index (χ0n) is 15.3. The standard InChI is InChI=1S/C23H19ClN2OS/c1-15-6-8-16(9-7-15)14-25-23(27)21-22(19-4-2-3-5-20(19)26-21)28-18-12-10-17(24)11-13-18/h2-13,26H,14H2,1H3,(H,25,27). The highest BCUT2D eigenvalue weighted by atomic mass is 35.5. The number of aromatic amines is 1. The highest BCUT2D eigenvalue weighted by Gasteiger charge is 2.18. The van der Waals surface area contributed by atoms with Gasteiger partial charge >= 0.3 is 0 Å². The van der Waals surface area contributed by atoms with E-state index < -0.39 is 0 Å². The molecular weight excluding hydrogens is 388 g/mol. The number of para-hydroxylation sites is 1. The summed E-state index contributed by atoms with van der Waals surface area (Å²) < 4.78 is 0. The van der Waals surface area contributed by atoms with Crippen molar-refractivity contribution in [2.75, 3.05) is 0 Å². The first-order chi connectivity index (χ1) is 13.6. The van der Waals surface area contributed by atoms with Gasteiger partial charge in [-0.05, 0) is 42.8 Å². The van der Waals surface area contributed by atoms with Crippen LogP contribution in [0, 0.1) is 6.92 Å². The lowest BCUT2D eigenvalue weighted by Gasteiger charge is -2.07. The quantitative estimate of drug-likeness (QED) is 0.413. The zero-order chi connectivity index (χ0) is 19.5. The van der Waals surface area contributed by atoms with E-state index in [-0.39, 0.29) is 5.91 Å². The molecule has 3 aromatic carbocycles. The third kappa shape index (κ3) is 4.08. The van der Waals surface area contributed by atoms with Crippen LogP contribution in [0.15, 0.2) is 82.6 Å². The minimum Gasteiger partial charge on any atom is -0.350 e. The molecule has 0 aliphatic rings. The van der Waals surface area contributed by atoms with Crippen LogP contribution < -0.4 is 5.32 Å². The van der Waals surface area contributed by atoms with Gasteiger partial charge in [0.15, 0.2) is 0 Å². The molecule has 4 aromatic rings. The number of hydrogen-bond acceptors (Lipinski definition) is 2. The van der Waals surface area contributed by atoms with Crippen molar-refractivity contribution in [2.24, 2.45) is 0 Å². The molecule has 3 nitrogen and oxygen atoms in total. The predicted octanol–water partition coefficient (Wildman–Crippen LogP) is 6.21. The summed E-state index contributed by atoms with van der Waals surface area (Å²) in [5, 5.41) is 4.75. The summed E-state index contributed by atoms with van der Waals surface area (Å²) >= 11 is 7.56. The number of aromatic nitrogens is 1. The smallest absolute Gasteiger partial charge is 0.269 e. The van der Waals surface area contributed by atoms with Crippen molar-refractivity contribution in [1.29, 1.82) is 0 Å². The third-order valence-corrected chi connectivity index (χ3v) is 5.88. The van der Waals surface area contributed by atoms with Gasteiger partial charge in [-0.3, -0.25) is 4.79 Å². The van der Waals surface area contributed by atoms with Gasteiger partial charge in [0.1, 0.15) is 5.69 Å². The minimum atomic E-state index is -0.117. The van der Waals surface area contributed by atoms with Gasteiger partial charge in [0.25, 0.3) is 5.91 Å². The van der Waals surface area contributed by atoms with Gasteiger partial charge in [0.05, 0.1) is 4.90 Å². The SMILES string of the molecule is Cc1ccc(CNC(=O)c2[nH]c3ccccc3c2Sc2ccc(Cl)cc2)cc1. The van der Waals surface area contributed by atoms with E-state index in [1.54, 1.807) is 11.8 Å². The minimum absolute atomic E-state index is 0.117. The number of H-pyrrole nitrogens is 1. The zero-order valence-corrected chi connectivity index (χ0v) is 16.9. The number of carbonyl (C=O) groups is 1. The van der Waals surface area contributed by atoms with Crippen molar-refractivity contribution >= 4 is 40.2 Å². The Morgan fingerprint density at radius 1 is 1.00 bits per heavy atom. The first-order valence-corrected chi connectivity index (χ1v) is 10.2. The number of rotatable bonds is 5. The fourth-order valence-corrected chi connectivity index (χ4v) is 4.15. The molecular formula is C23H19ClN2OS. The third-order valence-electron chi connectivity index (χ3n) is 4.49. The Morgan fingerprint density at radius 2 is 1.71 bits per heavy atom. The van der Waals surface area contributed by atoms with Gasteiger partial charge in [-0.15, -0.1) is 0 Å². The number of carbonyl (C=O) groups excluding carboxylic acids is 1. The van der Waals surface area contributed by atoms with Crippen molar-refractivity contribution < 1.29 is 4.79 Å². The second-order valence-electron chi connectivity index (χ2n) is 6.60. The molecule has 2 N–H and O–H groups in total. The molecule has 0 radical (unpaired) electrons. The van der Waals surface area contributed by atoms with Gasteiger partial charge in [-0.25, -0.2) is 0 Å². The average molecular weight is 407 g/mol. The number of amides is 1. The predicted molar refractivity (Wildman–Crippen MR) is 116 cm³/mol. The lowest BCUT2D eigenvalue weighted by atomic mass is 10.1. The molecule has 0 aliphatic heterocycles. The highest BCUT2D eigenvalue weighted by molar-refractivity contribution is 7.99. The first-order valence-electron chi connectivity index (χ1n) is 8.98. The molecule has 0 saturated carbocycles. The Kier molecular flexibility index (Phi) is 5.42.